The molecule has 0 aliphatic carbocycles. The quantitative estimate of drug-likeness (QED) is 0.597. The maximum Gasteiger partial charge on any atom is 0.274 e. The third-order valence-corrected chi connectivity index (χ3v) is 3.25. The van der Waals surface area contributed by atoms with Crippen LogP contribution < -0.4 is 10.8 Å². The van der Waals surface area contributed by atoms with Gasteiger partial charge in [-0.1, -0.05) is 29.8 Å². The average molecular weight is 291 g/mol. The standard InChI is InChI=1S/C15H15ClN2O2/c1-10-2-5-12(15(19)18-20)8-14(10)17-9-11-3-6-13(16)7-4-11/h2-8,17,20H,9H2,1H3,(H,18,19). The van der Waals surface area contributed by atoms with Gasteiger partial charge in [-0.15, -0.1) is 0 Å². The molecule has 0 aliphatic rings. The van der Waals surface area contributed by atoms with Crippen molar-refractivity contribution in [3.63, 3.8) is 0 Å². The van der Waals surface area contributed by atoms with Crippen LogP contribution in [0.5, 0.6) is 0 Å². The first-order valence-corrected chi connectivity index (χ1v) is 6.51. The molecule has 4 nitrogen and oxygen atoms in total. The largest absolute Gasteiger partial charge is 0.381 e. The van der Waals surface area contributed by atoms with Gasteiger partial charge in [-0.2, -0.15) is 0 Å². The van der Waals surface area contributed by atoms with Crippen molar-refractivity contribution in [3.05, 3.63) is 64.2 Å². The van der Waals surface area contributed by atoms with Gasteiger partial charge in [0.05, 0.1) is 0 Å². The number of halogens is 1. The van der Waals surface area contributed by atoms with Crippen molar-refractivity contribution in [2.75, 3.05) is 5.32 Å². The Bertz CT molecular complexity index is 612. The highest BCUT2D eigenvalue weighted by Crippen LogP contribution is 2.18. The van der Waals surface area contributed by atoms with Crippen LogP contribution >= 0.6 is 11.6 Å². The zero-order valence-corrected chi connectivity index (χ0v) is 11.7. The second kappa shape index (κ2) is 6.41. The summed E-state index contributed by atoms with van der Waals surface area (Å²) >= 11 is 5.84. The molecule has 20 heavy (non-hydrogen) atoms. The van der Waals surface area contributed by atoms with Crippen molar-refractivity contribution in [1.29, 1.82) is 0 Å². The second-order valence-electron chi connectivity index (χ2n) is 4.45. The molecule has 0 radical (unpaired) electrons. The molecule has 1 amide bonds. The lowest BCUT2D eigenvalue weighted by Gasteiger charge is -2.11. The van der Waals surface area contributed by atoms with E-state index < -0.39 is 5.91 Å². The highest BCUT2D eigenvalue weighted by molar-refractivity contribution is 6.30. The first-order valence-electron chi connectivity index (χ1n) is 6.13. The molecule has 2 rings (SSSR count). The summed E-state index contributed by atoms with van der Waals surface area (Å²) in [5.74, 6) is -0.528. The zero-order valence-electron chi connectivity index (χ0n) is 11.0. The SMILES string of the molecule is Cc1ccc(C(=O)NO)cc1NCc1ccc(Cl)cc1. The van der Waals surface area contributed by atoms with E-state index in [1.165, 1.54) is 0 Å². The number of anilines is 1. The fraction of sp³-hybridized carbons (Fsp3) is 0.133. The third-order valence-electron chi connectivity index (χ3n) is 3.00. The van der Waals surface area contributed by atoms with E-state index >= 15 is 0 Å². The number of nitrogens with one attached hydrogen (secondary N) is 2. The van der Waals surface area contributed by atoms with Crippen molar-refractivity contribution < 1.29 is 10.0 Å². The van der Waals surface area contributed by atoms with E-state index in [0.717, 1.165) is 16.8 Å². The Kier molecular flexibility index (Phi) is 4.61. The number of amides is 1. The van der Waals surface area contributed by atoms with Gasteiger partial charge in [0.1, 0.15) is 0 Å². The lowest BCUT2D eigenvalue weighted by Crippen LogP contribution is -2.18. The van der Waals surface area contributed by atoms with Crippen molar-refractivity contribution >= 4 is 23.2 Å². The van der Waals surface area contributed by atoms with E-state index in [-0.39, 0.29) is 0 Å². The van der Waals surface area contributed by atoms with Crippen molar-refractivity contribution in [2.24, 2.45) is 0 Å². The Morgan fingerprint density at radius 2 is 1.90 bits per heavy atom. The summed E-state index contributed by atoms with van der Waals surface area (Å²) in [7, 11) is 0. The number of hydrogen-bond donors (Lipinski definition) is 3. The Morgan fingerprint density at radius 1 is 1.20 bits per heavy atom. The minimum atomic E-state index is -0.528. The summed E-state index contributed by atoms with van der Waals surface area (Å²) in [4.78, 5) is 11.4. The minimum Gasteiger partial charge on any atom is -0.381 e. The van der Waals surface area contributed by atoms with Gasteiger partial charge in [-0.25, -0.2) is 5.48 Å². The van der Waals surface area contributed by atoms with Crippen LogP contribution in [0.15, 0.2) is 42.5 Å². The van der Waals surface area contributed by atoms with E-state index in [0.29, 0.717) is 17.1 Å². The van der Waals surface area contributed by atoms with Crippen LogP contribution in [0.25, 0.3) is 0 Å². The van der Waals surface area contributed by atoms with Gasteiger partial charge in [0, 0.05) is 22.8 Å². The number of carbonyl (C=O) groups excluding carboxylic acids is 1. The molecule has 0 bridgehead atoms. The molecule has 5 heteroatoms. The van der Waals surface area contributed by atoms with Crippen LogP contribution in [-0.4, -0.2) is 11.1 Å². The molecule has 104 valence electrons. The monoisotopic (exact) mass is 290 g/mol. The predicted molar refractivity (Wildman–Crippen MR) is 79.2 cm³/mol. The molecular weight excluding hydrogens is 276 g/mol. The van der Waals surface area contributed by atoms with Gasteiger partial charge in [0.15, 0.2) is 0 Å². The number of benzene rings is 2. The van der Waals surface area contributed by atoms with E-state index in [1.54, 1.807) is 17.6 Å². The van der Waals surface area contributed by atoms with E-state index in [2.05, 4.69) is 5.32 Å². The molecule has 0 aromatic heterocycles. The summed E-state index contributed by atoms with van der Waals surface area (Å²) in [6, 6.07) is 12.7. The van der Waals surface area contributed by atoms with Crippen LogP contribution in [0.3, 0.4) is 0 Å². The van der Waals surface area contributed by atoms with Crippen LogP contribution in [0.2, 0.25) is 5.02 Å². The van der Waals surface area contributed by atoms with Crippen LogP contribution in [0, 0.1) is 6.92 Å². The first-order chi connectivity index (χ1) is 9.60. The summed E-state index contributed by atoms with van der Waals surface area (Å²) in [5, 5.41) is 12.6. The highest BCUT2D eigenvalue weighted by atomic mass is 35.5. The van der Waals surface area contributed by atoms with Crippen molar-refractivity contribution in [3.8, 4) is 0 Å². The molecule has 2 aromatic rings. The minimum absolute atomic E-state index is 0.400. The smallest absolute Gasteiger partial charge is 0.274 e. The Balaban J connectivity index is 2.12. The molecule has 2 aromatic carbocycles. The summed E-state index contributed by atoms with van der Waals surface area (Å²) in [6.07, 6.45) is 0. The highest BCUT2D eigenvalue weighted by Gasteiger charge is 2.06. The third kappa shape index (κ3) is 3.50. The Morgan fingerprint density at radius 3 is 2.55 bits per heavy atom. The maximum absolute atomic E-state index is 11.4. The number of hydroxylamine groups is 1. The van der Waals surface area contributed by atoms with Crippen LogP contribution in [-0.2, 0) is 6.54 Å². The molecule has 0 heterocycles. The predicted octanol–water partition coefficient (Wildman–Crippen LogP) is 3.38. The van der Waals surface area contributed by atoms with E-state index in [1.807, 2.05) is 37.3 Å². The molecule has 0 spiro atoms. The van der Waals surface area contributed by atoms with Gasteiger partial charge < -0.3 is 5.32 Å². The lowest BCUT2D eigenvalue weighted by molar-refractivity contribution is 0.0706. The van der Waals surface area contributed by atoms with Gasteiger partial charge in [0.2, 0.25) is 0 Å². The molecule has 0 aliphatic heterocycles. The van der Waals surface area contributed by atoms with Crippen LogP contribution in [0.1, 0.15) is 21.5 Å². The van der Waals surface area contributed by atoms with Crippen molar-refractivity contribution in [2.45, 2.75) is 13.5 Å². The van der Waals surface area contributed by atoms with Crippen molar-refractivity contribution in [1.82, 2.24) is 5.48 Å². The van der Waals surface area contributed by atoms with E-state index in [4.69, 9.17) is 16.8 Å². The first kappa shape index (κ1) is 14.4. The Labute approximate surface area is 122 Å². The molecule has 0 unspecified atom stereocenters. The Hall–Kier alpha value is -2.04. The number of rotatable bonds is 4. The van der Waals surface area contributed by atoms with Crippen LogP contribution in [0.4, 0.5) is 5.69 Å². The number of hydrogen-bond acceptors (Lipinski definition) is 3. The summed E-state index contributed by atoms with van der Waals surface area (Å²) in [5.41, 5.74) is 4.98. The fourth-order valence-corrected chi connectivity index (χ4v) is 1.94. The van der Waals surface area contributed by atoms with Gasteiger partial charge >= 0.3 is 0 Å². The normalized spacial score (nSPS) is 10.2. The molecule has 0 atom stereocenters. The molecular formula is C15H15ClN2O2. The number of carbonyl (C=O) groups is 1. The van der Waals surface area contributed by atoms with Gasteiger partial charge in [-0.05, 0) is 42.3 Å². The topological polar surface area (TPSA) is 61.4 Å². The maximum atomic E-state index is 11.4. The number of aryl methyl sites for hydroxylation is 1. The molecule has 0 saturated heterocycles. The molecule has 0 saturated carbocycles. The fourth-order valence-electron chi connectivity index (χ4n) is 1.82. The second-order valence-corrected chi connectivity index (χ2v) is 4.89. The van der Waals surface area contributed by atoms with E-state index in [9.17, 15) is 4.79 Å². The average Bonchev–Trinajstić information content (AvgIpc) is 2.47. The zero-order chi connectivity index (χ0) is 14.5. The molecule has 0 fully saturated rings. The lowest BCUT2D eigenvalue weighted by atomic mass is 10.1. The van der Waals surface area contributed by atoms with Gasteiger partial charge in [-0.3, -0.25) is 10.0 Å². The summed E-state index contributed by atoms with van der Waals surface area (Å²) in [6.45, 7) is 2.58. The summed E-state index contributed by atoms with van der Waals surface area (Å²) < 4.78 is 0. The molecule has 3 N–H and O–H groups in total. The van der Waals surface area contributed by atoms with Gasteiger partial charge in [0.25, 0.3) is 5.91 Å².